The van der Waals surface area contributed by atoms with Gasteiger partial charge in [0.05, 0.1) is 5.92 Å². The van der Waals surface area contributed by atoms with Crippen LogP contribution in [0.15, 0.2) is 30.3 Å². The number of hydrogen-bond acceptors (Lipinski definition) is 2. The van der Waals surface area contributed by atoms with E-state index in [-0.39, 0.29) is 24.2 Å². The van der Waals surface area contributed by atoms with Crippen LogP contribution in [0.4, 0.5) is 11.4 Å². The van der Waals surface area contributed by atoms with Crippen molar-refractivity contribution in [2.45, 2.75) is 41.0 Å². The molecule has 0 saturated carbocycles. The first-order valence-corrected chi connectivity index (χ1v) is 9.02. The van der Waals surface area contributed by atoms with Crippen LogP contribution in [-0.2, 0) is 9.59 Å². The number of rotatable bonds is 3. The molecule has 1 atom stereocenters. The number of hydrogen-bond donors (Lipinski definition) is 1. The Hall–Kier alpha value is -2.62. The first kappa shape index (κ1) is 18.2. The van der Waals surface area contributed by atoms with Crippen molar-refractivity contribution in [3.8, 4) is 0 Å². The SMILES string of the molecule is Cc1cc(C)c(NC(=O)[C@@H]2CC(=O)N(c3ccc(C)c(C)c3)C2)c(C)c1. The van der Waals surface area contributed by atoms with Crippen molar-refractivity contribution in [3.63, 3.8) is 0 Å². The van der Waals surface area contributed by atoms with E-state index in [4.69, 9.17) is 0 Å². The van der Waals surface area contributed by atoms with Gasteiger partial charge >= 0.3 is 0 Å². The van der Waals surface area contributed by atoms with E-state index in [1.165, 1.54) is 11.1 Å². The third-order valence-electron chi connectivity index (χ3n) is 5.22. The zero-order valence-corrected chi connectivity index (χ0v) is 16.1. The molecule has 1 aliphatic heterocycles. The zero-order valence-electron chi connectivity index (χ0n) is 16.1. The fourth-order valence-corrected chi connectivity index (χ4v) is 3.63. The fourth-order valence-electron chi connectivity index (χ4n) is 3.63. The molecule has 2 aromatic carbocycles. The van der Waals surface area contributed by atoms with E-state index in [0.29, 0.717) is 6.54 Å². The summed E-state index contributed by atoms with van der Waals surface area (Å²) in [6, 6.07) is 10.1. The second-order valence-corrected chi connectivity index (χ2v) is 7.44. The molecule has 0 aromatic heterocycles. The summed E-state index contributed by atoms with van der Waals surface area (Å²) in [5.74, 6) is -0.408. The summed E-state index contributed by atoms with van der Waals surface area (Å²) in [5, 5.41) is 3.04. The van der Waals surface area contributed by atoms with Crippen LogP contribution in [0, 0.1) is 40.5 Å². The Morgan fingerprint density at radius 3 is 2.23 bits per heavy atom. The first-order chi connectivity index (χ1) is 12.3. The lowest BCUT2D eigenvalue weighted by Gasteiger charge is -2.19. The number of nitrogens with one attached hydrogen (secondary N) is 1. The van der Waals surface area contributed by atoms with Crippen LogP contribution in [0.2, 0.25) is 0 Å². The Kier molecular flexibility index (Phi) is 4.86. The summed E-state index contributed by atoms with van der Waals surface area (Å²) in [5.41, 5.74) is 7.34. The normalized spacial score (nSPS) is 16.9. The molecule has 0 aliphatic carbocycles. The molecule has 1 heterocycles. The van der Waals surface area contributed by atoms with Gasteiger partial charge in [-0.05, 0) is 69.0 Å². The smallest absolute Gasteiger partial charge is 0.229 e. The fraction of sp³-hybridized carbons (Fsp3) is 0.364. The molecule has 0 radical (unpaired) electrons. The number of anilines is 2. The van der Waals surface area contributed by atoms with E-state index in [2.05, 4.69) is 17.4 Å². The summed E-state index contributed by atoms with van der Waals surface area (Å²) in [4.78, 5) is 26.9. The molecule has 0 bridgehead atoms. The van der Waals surface area contributed by atoms with Crippen LogP contribution in [0.5, 0.6) is 0 Å². The summed E-state index contributed by atoms with van der Waals surface area (Å²) in [6.45, 7) is 10.5. The quantitative estimate of drug-likeness (QED) is 0.901. The van der Waals surface area contributed by atoms with E-state index in [1.54, 1.807) is 4.90 Å². The Morgan fingerprint density at radius 1 is 0.962 bits per heavy atom. The molecule has 1 N–H and O–H groups in total. The van der Waals surface area contributed by atoms with Gasteiger partial charge in [0.2, 0.25) is 11.8 Å². The van der Waals surface area contributed by atoms with Crippen LogP contribution in [0.25, 0.3) is 0 Å². The molecule has 0 unspecified atom stereocenters. The van der Waals surface area contributed by atoms with E-state index in [9.17, 15) is 9.59 Å². The van der Waals surface area contributed by atoms with E-state index in [1.807, 2.05) is 52.8 Å². The predicted octanol–water partition coefficient (Wildman–Crippen LogP) is 4.22. The molecule has 1 fully saturated rings. The maximum Gasteiger partial charge on any atom is 0.229 e. The highest BCUT2D eigenvalue weighted by molar-refractivity contribution is 6.04. The average Bonchev–Trinajstić information content (AvgIpc) is 2.95. The van der Waals surface area contributed by atoms with Gasteiger partial charge in [-0.25, -0.2) is 0 Å². The van der Waals surface area contributed by atoms with Gasteiger partial charge in [0, 0.05) is 24.3 Å². The van der Waals surface area contributed by atoms with Gasteiger partial charge in [0.25, 0.3) is 0 Å². The minimum atomic E-state index is -0.329. The Bertz CT molecular complexity index is 863. The Morgan fingerprint density at radius 2 is 1.62 bits per heavy atom. The van der Waals surface area contributed by atoms with Gasteiger partial charge in [0.1, 0.15) is 0 Å². The van der Waals surface area contributed by atoms with Gasteiger partial charge in [0.15, 0.2) is 0 Å². The monoisotopic (exact) mass is 350 g/mol. The second-order valence-electron chi connectivity index (χ2n) is 7.44. The van der Waals surface area contributed by atoms with Crippen LogP contribution >= 0.6 is 0 Å². The number of nitrogens with zero attached hydrogens (tertiary/aromatic N) is 1. The van der Waals surface area contributed by atoms with Gasteiger partial charge in [-0.1, -0.05) is 23.8 Å². The van der Waals surface area contributed by atoms with Crippen LogP contribution in [0.3, 0.4) is 0 Å². The summed E-state index contributed by atoms with van der Waals surface area (Å²) in [6.07, 6.45) is 0.253. The number of benzene rings is 2. The number of carbonyl (C=O) groups excluding carboxylic acids is 2. The lowest BCUT2D eigenvalue weighted by Crippen LogP contribution is -2.28. The van der Waals surface area contributed by atoms with Crippen molar-refractivity contribution in [2.75, 3.05) is 16.8 Å². The maximum absolute atomic E-state index is 12.8. The van der Waals surface area contributed by atoms with Crippen molar-refractivity contribution in [1.82, 2.24) is 0 Å². The van der Waals surface area contributed by atoms with Crippen LogP contribution in [0.1, 0.15) is 34.2 Å². The van der Waals surface area contributed by atoms with Gasteiger partial charge in [-0.2, -0.15) is 0 Å². The number of carbonyl (C=O) groups is 2. The largest absolute Gasteiger partial charge is 0.325 e. The summed E-state index contributed by atoms with van der Waals surface area (Å²) < 4.78 is 0. The van der Waals surface area contributed by atoms with Gasteiger partial charge < -0.3 is 10.2 Å². The third kappa shape index (κ3) is 3.50. The first-order valence-electron chi connectivity index (χ1n) is 9.02. The zero-order chi connectivity index (χ0) is 19.0. The summed E-state index contributed by atoms with van der Waals surface area (Å²) >= 11 is 0. The van der Waals surface area contributed by atoms with Crippen molar-refractivity contribution < 1.29 is 9.59 Å². The van der Waals surface area contributed by atoms with Crippen LogP contribution < -0.4 is 10.2 Å². The van der Waals surface area contributed by atoms with Gasteiger partial charge in [-0.3, -0.25) is 9.59 Å². The Labute approximate surface area is 155 Å². The average molecular weight is 350 g/mol. The minimum Gasteiger partial charge on any atom is -0.325 e. The molecule has 2 amide bonds. The van der Waals surface area contributed by atoms with Crippen molar-refractivity contribution >= 4 is 23.2 Å². The van der Waals surface area contributed by atoms with Crippen LogP contribution in [-0.4, -0.2) is 18.4 Å². The molecule has 26 heavy (non-hydrogen) atoms. The molecule has 0 spiro atoms. The van der Waals surface area contributed by atoms with Gasteiger partial charge in [-0.15, -0.1) is 0 Å². The van der Waals surface area contributed by atoms with E-state index in [0.717, 1.165) is 28.1 Å². The molecule has 2 aromatic rings. The molecular formula is C22H26N2O2. The lowest BCUT2D eigenvalue weighted by atomic mass is 10.0. The maximum atomic E-state index is 12.8. The third-order valence-corrected chi connectivity index (χ3v) is 5.22. The molecule has 3 rings (SSSR count). The van der Waals surface area contributed by atoms with E-state index < -0.39 is 0 Å². The number of amides is 2. The molecular weight excluding hydrogens is 324 g/mol. The highest BCUT2D eigenvalue weighted by atomic mass is 16.2. The summed E-state index contributed by atoms with van der Waals surface area (Å²) in [7, 11) is 0. The Balaban J connectivity index is 1.76. The predicted molar refractivity (Wildman–Crippen MR) is 106 cm³/mol. The molecule has 4 nitrogen and oxygen atoms in total. The van der Waals surface area contributed by atoms with Crippen molar-refractivity contribution in [2.24, 2.45) is 5.92 Å². The highest BCUT2D eigenvalue weighted by Crippen LogP contribution is 2.29. The topological polar surface area (TPSA) is 49.4 Å². The number of aryl methyl sites for hydroxylation is 5. The molecule has 136 valence electrons. The molecule has 4 heteroatoms. The molecule has 1 saturated heterocycles. The highest BCUT2D eigenvalue weighted by Gasteiger charge is 2.35. The van der Waals surface area contributed by atoms with Crippen molar-refractivity contribution in [3.05, 3.63) is 58.1 Å². The van der Waals surface area contributed by atoms with Crippen molar-refractivity contribution in [1.29, 1.82) is 0 Å². The second kappa shape index (κ2) is 6.94. The minimum absolute atomic E-state index is 0.00533. The van der Waals surface area contributed by atoms with E-state index >= 15 is 0 Å². The lowest BCUT2D eigenvalue weighted by molar-refractivity contribution is -0.122. The molecule has 1 aliphatic rings. The standard InChI is InChI=1S/C22H26N2O2/c1-13-8-16(4)21(17(5)9-13)23-22(26)18-11-20(25)24(12-18)19-7-6-14(2)15(3)10-19/h6-10,18H,11-12H2,1-5H3,(H,23,26)/t18-/m1/s1.